The van der Waals surface area contributed by atoms with Gasteiger partial charge in [0.2, 0.25) is 0 Å². The highest BCUT2D eigenvalue weighted by molar-refractivity contribution is 6.29. The van der Waals surface area contributed by atoms with E-state index in [0.29, 0.717) is 0 Å². The summed E-state index contributed by atoms with van der Waals surface area (Å²) in [5, 5.41) is 12.3. The second-order valence-corrected chi connectivity index (χ2v) is 17.2. The van der Waals surface area contributed by atoms with Crippen LogP contribution in [0.3, 0.4) is 0 Å². The maximum absolute atomic E-state index is 6.80. The molecular weight excluding hydrogens is 739 g/mol. The Morgan fingerprint density at radius 3 is 1.85 bits per heavy atom. The monoisotopic (exact) mass is 777 g/mol. The first kappa shape index (κ1) is 34.2. The molecule has 0 bridgehead atoms. The number of rotatable bonds is 5. The predicted molar refractivity (Wildman–Crippen MR) is 258 cm³/mol. The Balaban J connectivity index is 1.10. The Labute approximate surface area is 353 Å². The molecule has 0 aliphatic heterocycles. The van der Waals surface area contributed by atoms with Crippen LogP contribution in [0.25, 0.3) is 98.4 Å². The van der Waals surface area contributed by atoms with Crippen LogP contribution in [0.4, 0.5) is 17.1 Å². The summed E-state index contributed by atoms with van der Waals surface area (Å²) in [6, 6.07) is 73.6. The average molecular weight is 778 g/mol. The second-order valence-electron chi connectivity index (χ2n) is 17.2. The summed E-state index contributed by atoms with van der Waals surface area (Å²) in [7, 11) is 0. The van der Waals surface area contributed by atoms with Crippen molar-refractivity contribution in [1.29, 1.82) is 0 Å². The third-order valence-electron chi connectivity index (χ3n) is 13.6. The molecule has 2 nitrogen and oxygen atoms in total. The van der Waals surface area contributed by atoms with Crippen molar-refractivity contribution < 1.29 is 4.42 Å². The summed E-state index contributed by atoms with van der Waals surface area (Å²) in [5.74, 6) is 0. The minimum absolute atomic E-state index is 0.0964. The number of anilines is 3. The van der Waals surface area contributed by atoms with E-state index in [4.69, 9.17) is 4.42 Å². The molecule has 286 valence electrons. The molecule has 12 aromatic rings. The Morgan fingerprint density at radius 1 is 0.377 bits per heavy atom. The Hall–Kier alpha value is -7.68. The third-order valence-corrected chi connectivity index (χ3v) is 13.6. The topological polar surface area (TPSA) is 16.4 Å². The molecule has 1 heterocycles. The molecule has 0 spiro atoms. The Bertz CT molecular complexity index is 3740. The fraction of sp³-hybridized carbons (Fsp3) is 0.0508. The summed E-state index contributed by atoms with van der Waals surface area (Å²) in [5.41, 5.74) is 15.2. The first-order valence-electron chi connectivity index (χ1n) is 21.3. The lowest BCUT2D eigenvalue weighted by Gasteiger charge is -2.29. The molecule has 0 fully saturated rings. The number of hydrogen-bond acceptors (Lipinski definition) is 2. The minimum atomic E-state index is -0.0964. The number of fused-ring (bicyclic) bond motifs is 8. The van der Waals surface area contributed by atoms with Crippen LogP contribution in [0, 0.1) is 0 Å². The number of nitrogens with zero attached hydrogens (tertiary/aromatic N) is 1. The van der Waals surface area contributed by atoms with E-state index in [1.165, 1.54) is 76.5 Å². The minimum Gasteiger partial charge on any atom is -0.454 e. The van der Waals surface area contributed by atoms with E-state index in [9.17, 15) is 0 Å². The summed E-state index contributed by atoms with van der Waals surface area (Å²) < 4.78 is 6.80. The van der Waals surface area contributed by atoms with E-state index in [1.54, 1.807) is 0 Å². The molecule has 1 aliphatic rings. The Kier molecular flexibility index (Phi) is 7.10. The molecule has 0 N–H and O–H groups in total. The largest absolute Gasteiger partial charge is 0.454 e. The van der Waals surface area contributed by atoms with Gasteiger partial charge in [-0.25, -0.2) is 0 Å². The van der Waals surface area contributed by atoms with Crippen LogP contribution in [0.5, 0.6) is 0 Å². The van der Waals surface area contributed by atoms with Crippen molar-refractivity contribution >= 4 is 82.1 Å². The fourth-order valence-electron chi connectivity index (χ4n) is 10.9. The van der Waals surface area contributed by atoms with Gasteiger partial charge in [-0.15, -0.1) is 0 Å². The van der Waals surface area contributed by atoms with Crippen LogP contribution in [0.15, 0.2) is 205 Å². The molecule has 0 atom stereocenters. The Morgan fingerprint density at radius 2 is 1.00 bits per heavy atom. The molecule has 11 aromatic carbocycles. The van der Waals surface area contributed by atoms with E-state index in [-0.39, 0.29) is 5.41 Å². The first-order valence-corrected chi connectivity index (χ1v) is 21.3. The maximum atomic E-state index is 6.80. The molecule has 0 saturated carbocycles. The van der Waals surface area contributed by atoms with Gasteiger partial charge >= 0.3 is 0 Å². The lowest BCUT2D eigenvalue weighted by molar-refractivity contribution is 0.666. The van der Waals surface area contributed by atoms with Gasteiger partial charge in [-0.2, -0.15) is 0 Å². The van der Waals surface area contributed by atoms with Gasteiger partial charge in [-0.05, 0) is 107 Å². The van der Waals surface area contributed by atoms with Crippen molar-refractivity contribution in [2.24, 2.45) is 0 Å². The summed E-state index contributed by atoms with van der Waals surface area (Å²) in [6.07, 6.45) is 0. The summed E-state index contributed by atoms with van der Waals surface area (Å²) in [6.45, 7) is 4.77. The molecule has 1 aliphatic carbocycles. The summed E-state index contributed by atoms with van der Waals surface area (Å²) >= 11 is 0. The van der Waals surface area contributed by atoms with Gasteiger partial charge < -0.3 is 9.32 Å². The van der Waals surface area contributed by atoms with E-state index in [1.807, 2.05) is 6.07 Å². The predicted octanol–water partition coefficient (Wildman–Crippen LogP) is 16.7. The molecule has 1 aromatic heterocycles. The smallest absolute Gasteiger partial charge is 0.159 e. The van der Waals surface area contributed by atoms with Crippen molar-refractivity contribution in [3.63, 3.8) is 0 Å². The van der Waals surface area contributed by atoms with Crippen molar-refractivity contribution in [2.45, 2.75) is 19.3 Å². The van der Waals surface area contributed by atoms with Crippen LogP contribution in [-0.4, -0.2) is 0 Å². The van der Waals surface area contributed by atoms with Crippen LogP contribution < -0.4 is 4.90 Å². The van der Waals surface area contributed by atoms with Gasteiger partial charge in [-0.1, -0.05) is 184 Å². The number of hydrogen-bond donors (Lipinski definition) is 0. The average Bonchev–Trinajstić information content (AvgIpc) is 3.81. The molecule has 0 radical (unpaired) electrons. The quantitative estimate of drug-likeness (QED) is 0.162. The van der Waals surface area contributed by atoms with Crippen molar-refractivity contribution in [3.8, 4) is 33.4 Å². The van der Waals surface area contributed by atoms with Crippen molar-refractivity contribution in [3.05, 3.63) is 211 Å². The highest BCUT2D eigenvalue weighted by Crippen LogP contribution is 2.55. The van der Waals surface area contributed by atoms with E-state index in [2.05, 4.69) is 213 Å². The van der Waals surface area contributed by atoms with Crippen LogP contribution in [0.2, 0.25) is 0 Å². The molecule has 0 unspecified atom stereocenters. The molecular formula is C59H39NO. The van der Waals surface area contributed by atoms with Crippen LogP contribution >= 0.6 is 0 Å². The molecule has 0 amide bonds. The molecule has 0 saturated heterocycles. The van der Waals surface area contributed by atoms with Gasteiger partial charge in [0.05, 0.1) is 17.1 Å². The van der Waals surface area contributed by atoms with Gasteiger partial charge in [0.1, 0.15) is 5.58 Å². The van der Waals surface area contributed by atoms with Crippen molar-refractivity contribution in [2.75, 3.05) is 4.90 Å². The van der Waals surface area contributed by atoms with Crippen LogP contribution in [-0.2, 0) is 5.41 Å². The highest BCUT2D eigenvalue weighted by atomic mass is 16.3. The third kappa shape index (κ3) is 4.79. The van der Waals surface area contributed by atoms with Crippen molar-refractivity contribution in [1.82, 2.24) is 0 Å². The van der Waals surface area contributed by atoms with Gasteiger partial charge in [0.15, 0.2) is 5.58 Å². The first-order chi connectivity index (χ1) is 30.0. The highest BCUT2D eigenvalue weighted by Gasteiger charge is 2.37. The molecule has 61 heavy (non-hydrogen) atoms. The number of furan rings is 1. The number of benzene rings is 11. The fourth-order valence-corrected chi connectivity index (χ4v) is 10.9. The number of para-hydroxylation sites is 3. The molecule has 2 heteroatoms. The van der Waals surface area contributed by atoms with Gasteiger partial charge in [-0.3, -0.25) is 0 Å². The lowest BCUT2D eigenvalue weighted by atomic mass is 9.79. The SMILES string of the molecule is CC1(C)c2ccccc2-c2cc(-c3ccc4ccc5c(N(c6ccccc6-c6ccccc6)c6cccc7c6oc6ccccc67)ccc6ccc3c4c65)c3ccccc3c21. The normalized spacial score (nSPS) is 13.2. The van der Waals surface area contributed by atoms with E-state index in [0.717, 1.165) is 50.1 Å². The maximum Gasteiger partial charge on any atom is 0.159 e. The lowest BCUT2D eigenvalue weighted by Crippen LogP contribution is -2.15. The molecule has 13 rings (SSSR count). The van der Waals surface area contributed by atoms with E-state index >= 15 is 0 Å². The standard InChI is InChI=1S/C59H39NO/c1-59(2)50-23-11-8-19-42(50)49-35-48(40-18-6-7-21-45(40)57(49)59)41-31-27-37-29-33-47-52(34-30-38-28-32-44(41)55(37)56(38)47)60(51-24-12-9-17-39(51)36-15-4-3-5-16-36)53-25-14-22-46-43-20-10-13-26-54(43)61-58(46)53/h3-35H,1-2H3. The van der Waals surface area contributed by atoms with Gasteiger partial charge in [0, 0.05) is 27.1 Å². The zero-order chi connectivity index (χ0) is 40.4. The summed E-state index contributed by atoms with van der Waals surface area (Å²) in [4.78, 5) is 2.44. The van der Waals surface area contributed by atoms with E-state index < -0.39 is 0 Å². The zero-order valence-corrected chi connectivity index (χ0v) is 33.9. The van der Waals surface area contributed by atoms with Gasteiger partial charge in [0.25, 0.3) is 0 Å². The zero-order valence-electron chi connectivity index (χ0n) is 33.9. The second kappa shape index (κ2) is 12.7. The van der Waals surface area contributed by atoms with Crippen LogP contribution in [0.1, 0.15) is 25.0 Å².